The predicted octanol–water partition coefficient (Wildman–Crippen LogP) is 13.7. The molecule has 12 rings (SSSR count). The number of nitrogens with zero attached hydrogens (tertiary/aromatic N) is 2. The Bertz CT molecular complexity index is 3410. The van der Waals surface area contributed by atoms with Crippen molar-refractivity contribution in [3.63, 3.8) is 0 Å². The van der Waals surface area contributed by atoms with Crippen molar-refractivity contribution in [2.45, 2.75) is 0 Å². The maximum atomic E-state index is 2.56. The highest BCUT2D eigenvalue weighted by atomic mass is 32.1. The molecule has 0 spiro atoms. The summed E-state index contributed by atoms with van der Waals surface area (Å²) in [6.45, 7) is 0. The van der Waals surface area contributed by atoms with E-state index in [2.05, 4.69) is 179 Å². The van der Waals surface area contributed by atoms with Crippen LogP contribution in [0.15, 0.2) is 170 Å². The van der Waals surface area contributed by atoms with Gasteiger partial charge >= 0.3 is 0 Å². The minimum atomic E-state index is 1.16. The van der Waals surface area contributed by atoms with Gasteiger partial charge in [-0.05, 0) is 70.1 Å². The van der Waals surface area contributed by atoms with Crippen LogP contribution in [0.2, 0.25) is 0 Å². The summed E-state index contributed by atoms with van der Waals surface area (Å²) in [5.41, 5.74) is 7.22. The fourth-order valence-electron chi connectivity index (χ4n) is 9.06. The number of thiophene rings is 1. The normalized spacial score (nSPS) is 12.3. The smallest absolute Gasteiger partial charge is 0.0795 e. The third kappa shape index (κ3) is 3.56. The SMILES string of the molecule is c1ccc(-n2c3ccccc3c3c4c5ccccc5c5ccccc5c4c4c5ccccc5n(-c5ccc6sc7ccccc7c6c5)c4c32)cc1. The van der Waals surface area contributed by atoms with Crippen LogP contribution in [0.5, 0.6) is 0 Å². The van der Waals surface area contributed by atoms with Crippen LogP contribution < -0.4 is 0 Å². The van der Waals surface area contributed by atoms with E-state index in [1.54, 1.807) is 0 Å². The zero-order chi connectivity index (χ0) is 33.2. The Kier molecular flexibility index (Phi) is 5.41. The molecule has 0 bridgehead atoms. The molecular formula is C48H28N2S. The first kappa shape index (κ1) is 27.4. The molecule has 3 heterocycles. The first-order valence-corrected chi connectivity index (χ1v) is 18.4. The minimum absolute atomic E-state index is 1.16. The van der Waals surface area contributed by atoms with Gasteiger partial charge in [-0.2, -0.15) is 0 Å². The first-order valence-electron chi connectivity index (χ1n) is 17.5. The quantitative estimate of drug-likeness (QED) is 0.163. The minimum Gasteiger partial charge on any atom is -0.307 e. The van der Waals surface area contributed by atoms with E-state index in [0.717, 1.165) is 5.69 Å². The summed E-state index contributed by atoms with van der Waals surface area (Å²) in [6, 6.07) is 62.8. The van der Waals surface area contributed by atoms with Crippen molar-refractivity contribution in [3.8, 4) is 11.4 Å². The summed E-state index contributed by atoms with van der Waals surface area (Å²) in [6.07, 6.45) is 0. The first-order chi connectivity index (χ1) is 25.3. The summed E-state index contributed by atoms with van der Waals surface area (Å²) in [5, 5.41) is 15.5. The molecule has 3 aromatic heterocycles. The molecule has 0 N–H and O–H groups in total. The lowest BCUT2D eigenvalue weighted by molar-refractivity contribution is 1.15. The maximum Gasteiger partial charge on any atom is 0.0795 e. The molecule has 2 nitrogen and oxygen atoms in total. The number of hydrogen-bond donors (Lipinski definition) is 0. The zero-order valence-electron chi connectivity index (χ0n) is 27.5. The monoisotopic (exact) mass is 664 g/mol. The van der Waals surface area contributed by atoms with E-state index < -0.39 is 0 Å². The second-order valence-corrected chi connectivity index (χ2v) is 14.7. The lowest BCUT2D eigenvalue weighted by atomic mass is 9.89. The topological polar surface area (TPSA) is 9.86 Å². The standard InChI is InChI=1S/C48H28N2S/c1-2-14-29(15-3-1)49-39-23-11-8-21-36(39)45-43-34-19-6-4-16-31(34)32-17-5-7-20-35(32)44(43)46-37-22-9-12-24-40(37)50(48(46)47(45)49)30-26-27-42-38(28-30)33-18-10-13-25-41(33)51-42/h1-28H. The Labute approximate surface area is 296 Å². The fraction of sp³-hybridized carbons (Fsp3) is 0. The molecule has 0 saturated heterocycles. The predicted molar refractivity (Wildman–Crippen MR) is 221 cm³/mol. The molecule has 0 saturated carbocycles. The van der Waals surface area contributed by atoms with Gasteiger partial charge in [0.1, 0.15) is 0 Å². The number of rotatable bonds is 2. The highest BCUT2D eigenvalue weighted by Gasteiger charge is 2.27. The Morgan fingerprint density at radius 2 is 0.745 bits per heavy atom. The third-order valence-electron chi connectivity index (χ3n) is 11.0. The van der Waals surface area contributed by atoms with E-state index in [-0.39, 0.29) is 0 Å². The van der Waals surface area contributed by atoms with Crippen molar-refractivity contribution in [2.75, 3.05) is 0 Å². The van der Waals surface area contributed by atoms with Gasteiger partial charge in [0.15, 0.2) is 0 Å². The van der Waals surface area contributed by atoms with Crippen LogP contribution in [0, 0.1) is 0 Å². The fourth-order valence-corrected chi connectivity index (χ4v) is 10.1. The molecule has 0 amide bonds. The van der Waals surface area contributed by atoms with Crippen molar-refractivity contribution in [1.82, 2.24) is 9.13 Å². The van der Waals surface area contributed by atoms with Crippen molar-refractivity contribution in [2.24, 2.45) is 0 Å². The van der Waals surface area contributed by atoms with Crippen molar-refractivity contribution in [3.05, 3.63) is 170 Å². The average Bonchev–Trinajstić information content (AvgIpc) is 3.86. The van der Waals surface area contributed by atoms with Crippen LogP contribution in [-0.2, 0) is 0 Å². The van der Waals surface area contributed by atoms with Crippen molar-refractivity contribution in [1.29, 1.82) is 0 Å². The molecule has 0 aliphatic carbocycles. The second-order valence-electron chi connectivity index (χ2n) is 13.6. The van der Waals surface area contributed by atoms with Gasteiger partial charge in [-0.15, -0.1) is 11.3 Å². The number of aromatic nitrogens is 2. The van der Waals surface area contributed by atoms with Gasteiger partial charge < -0.3 is 9.13 Å². The lowest BCUT2D eigenvalue weighted by Crippen LogP contribution is -1.99. The summed E-state index contributed by atoms with van der Waals surface area (Å²) in [4.78, 5) is 0. The van der Waals surface area contributed by atoms with Gasteiger partial charge in [-0.1, -0.05) is 121 Å². The molecule has 0 atom stereocenters. The van der Waals surface area contributed by atoms with Crippen LogP contribution in [0.25, 0.3) is 107 Å². The van der Waals surface area contributed by atoms with Gasteiger partial charge in [0.2, 0.25) is 0 Å². The highest BCUT2D eigenvalue weighted by molar-refractivity contribution is 7.25. The van der Waals surface area contributed by atoms with Crippen LogP contribution in [-0.4, -0.2) is 9.13 Å². The molecule has 0 aliphatic rings. The van der Waals surface area contributed by atoms with Crippen LogP contribution in [0.3, 0.4) is 0 Å². The molecule has 0 aliphatic heterocycles. The van der Waals surface area contributed by atoms with Crippen molar-refractivity contribution >= 4 is 107 Å². The molecule has 51 heavy (non-hydrogen) atoms. The number of benzene rings is 9. The molecule has 236 valence electrons. The van der Waals surface area contributed by atoms with E-state index in [4.69, 9.17) is 0 Å². The Balaban J connectivity index is 1.44. The number of fused-ring (bicyclic) bond motifs is 18. The molecule has 3 heteroatoms. The average molecular weight is 665 g/mol. The number of hydrogen-bond acceptors (Lipinski definition) is 1. The second kappa shape index (κ2) is 10.1. The van der Waals surface area contributed by atoms with Gasteiger partial charge in [-0.3, -0.25) is 0 Å². The van der Waals surface area contributed by atoms with E-state index in [9.17, 15) is 0 Å². The van der Waals surface area contributed by atoms with Crippen LogP contribution >= 0.6 is 11.3 Å². The van der Waals surface area contributed by atoms with Gasteiger partial charge in [0.05, 0.1) is 22.1 Å². The Hall–Kier alpha value is -6.42. The largest absolute Gasteiger partial charge is 0.307 e. The summed E-state index contributed by atoms with van der Waals surface area (Å²) >= 11 is 1.87. The Morgan fingerprint density at radius 1 is 0.294 bits per heavy atom. The van der Waals surface area contributed by atoms with Gasteiger partial charge in [-0.25, -0.2) is 0 Å². The van der Waals surface area contributed by atoms with Crippen LogP contribution in [0.4, 0.5) is 0 Å². The zero-order valence-corrected chi connectivity index (χ0v) is 28.3. The molecular weight excluding hydrogens is 637 g/mol. The van der Waals surface area contributed by atoms with E-state index in [0.29, 0.717) is 0 Å². The van der Waals surface area contributed by atoms with Crippen molar-refractivity contribution < 1.29 is 0 Å². The molecule has 0 unspecified atom stereocenters. The van der Waals surface area contributed by atoms with Crippen LogP contribution in [0.1, 0.15) is 0 Å². The molecule has 0 fully saturated rings. The van der Waals surface area contributed by atoms with E-state index in [1.807, 2.05) is 11.3 Å². The summed E-state index contributed by atoms with van der Waals surface area (Å²) in [7, 11) is 0. The van der Waals surface area contributed by atoms with E-state index in [1.165, 1.54) is 102 Å². The molecule has 9 aromatic carbocycles. The highest BCUT2D eigenvalue weighted by Crippen LogP contribution is 2.51. The molecule has 12 aromatic rings. The number of para-hydroxylation sites is 3. The third-order valence-corrected chi connectivity index (χ3v) is 12.2. The molecule has 0 radical (unpaired) electrons. The maximum absolute atomic E-state index is 2.56. The van der Waals surface area contributed by atoms with Gasteiger partial charge in [0.25, 0.3) is 0 Å². The summed E-state index contributed by atoms with van der Waals surface area (Å²) in [5.74, 6) is 0. The lowest BCUT2D eigenvalue weighted by Gasteiger charge is -2.17. The van der Waals surface area contributed by atoms with E-state index >= 15 is 0 Å². The van der Waals surface area contributed by atoms with Gasteiger partial charge in [0, 0.05) is 63.9 Å². The Morgan fingerprint density at radius 3 is 1.35 bits per heavy atom. The summed E-state index contributed by atoms with van der Waals surface area (Å²) < 4.78 is 7.71.